The molecule has 1 heterocycles. The molecule has 36 heavy (non-hydrogen) atoms. The zero-order valence-corrected chi connectivity index (χ0v) is 21.7. The SMILES string of the molecule is CC(=O)O[C@@H]1[C@H](O)[C@H]2C(C)(C)C(=O)C=C[C@]2(C)[C@H]2CC[C@]3(C)C(=C4C[C@H]3/C(=C/C(O)O)C(=O)O4)C12C. The number of ether oxygens (including phenoxy) is 2. The Balaban J connectivity index is 1.74. The average molecular weight is 501 g/mol. The Labute approximate surface area is 211 Å². The third kappa shape index (κ3) is 3.01. The third-order valence-electron chi connectivity index (χ3n) is 10.3. The number of aliphatic hydroxyl groups excluding tert-OH is 2. The van der Waals surface area contributed by atoms with Gasteiger partial charge in [0, 0.05) is 47.0 Å². The largest absolute Gasteiger partial charge is 0.459 e. The van der Waals surface area contributed by atoms with Crippen molar-refractivity contribution in [3.8, 4) is 0 Å². The van der Waals surface area contributed by atoms with E-state index in [-0.39, 0.29) is 23.2 Å². The summed E-state index contributed by atoms with van der Waals surface area (Å²) < 4.78 is 11.7. The second kappa shape index (κ2) is 7.62. The Bertz CT molecular complexity index is 1140. The molecule has 8 atom stereocenters. The van der Waals surface area contributed by atoms with Gasteiger partial charge in [0.15, 0.2) is 12.1 Å². The van der Waals surface area contributed by atoms with Crippen molar-refractivity contribution in [2.24, 2.45) is 39.4 Å². The Morgan fingerprint density at radius 1 is 1.19 bits per heavy atom. The summed E-state index contributed by atoms with van der Waals surface area (Å²) in [6, 6.07) is 0. The second-order valence-corrected chi connectivity index (χ2v) is 12.6. The molecule has 0 amide bonds. The maximum Gasteiger partial charge on any atom is 0.339 e. The number of carbonyl (C=O) groups is 3. The highest BCUT2D eigenvalue weighted by molar-refractivity contribution is 5.96. The molecule has 4 aliphatic carbocycles. The van der Waals surface area contributed by atoms with Gasteiger partial charge in [-0.1, -0.05) is 40.7 Å². The van der Waals surface area contributed by atoms with Gasteiger partial charge >= 0.3 is 11.9 Å². The van der Waals surface area contributed by atoms with E-state index in [2.05, 4.69) is 13.8 Å². The molecule has 0 aromatic rings. The van der Waals surface area contributed by atoms with Crippen LogP contribution in [0.4, 0.5) is 0 Å². The number of hydrogen-bond donors (Lipinski definition) is 3. The van der Waals surface area contributed by atoms with E-state index in [1.165, 1.54) is 6.92 Å². The lowest BCUT2D eigenvalue weighted by molar-refractivity contribution is -0.229. The fourth-order valence-electron chi connectivity index (χ4n) is 9.17. The maximum atomic E-state index is 13.0. The molecule has 1 saturated heterocycles. The molecule has 0 radical (unpaired) electrons. The highest BCUT2D eigenvalue weighted by atomic mass is 16.6. The Kier molecular flexibility index (Phi) is 5.37. The lowest BCUT2D eigenvalue weighted by atomic mass is 9.37. The van der Waals surface area contributed by atoms with Crippen molar-refractivity contribution in [2.75, 3.05) is 0 Å². The third-order valence-corrected chi connectivity index (χ3v) is 10.3. The van der Waals surface area contributed by atoms with Crippen LogP contribution in [0.15, 0.2) is 35.1 Å². The molecule has 0 aromatic carbocycles. The molecule has 0 spiro atoms. The minimum absolute atomic E-state index is 0.0696. The lowest BCUT2D eigenvalue weighted by Gasteiger charge is -2.67. The van der Waals surface area contributed by atoms with Crippen LogP contribution in [0.2, 0.25) is 0 Å². The van der Waals surface area contributed by atoms with Gasteiger partial charge in [-0.3, -0.25) is 9.59 Å². The van der Waals surface area contributed by atoms with Gasteiger partial charge in [-0.2, -0.15) is 0 Å². The molecule has 8 nitrogen and oxygen atoms in total. The maximum absolute atomic E-state index is 13.0. The summed E-state index contributed by atoms with van der Waals surface area (Å²) in [4.78, 5) is 38.3. The van der Waals surface area contributed by atoms with Gasteiger partial charge in [-0.15, -0.1) is 0 Å². The minimum atomic E-state index is -1.79. The van der Waals surface area contributed by atoms with Crippen molar-refractivity contribution in [3.05, 3.63) is 35.1 Å². The summed E-state index contributed by atoms with van der Waals surface area (Å²) in [6.45, 7) is 11.1. The molecule has 5 aliphatic rings. The number of fused-ring (bicyclic) bond motifs is 8. The summed E-state index contributed by atoms with van der Waals surface area (Å²) in [6.07, 6.45) is 2.63. The van der Waals surface area contributed by atoms with Gasteiger partial charge in [0.2, 0.25) is 0 Å². The highest BCUT2D eigenvalue weighted by Crippen LogP contribution is 2.74. The number of esters is 2. The number of aliphatic hydroxyl groups is 3. The van der Waals surface area contributed by atoms with Crippen LogP contribution in [0.1, 0.15) is 60.8 Å². The first-order chi connectivity index (χ1) is 16.6. The van der Waals surface area contributed by atoms with E-state index in [0.29, 0.717) is 25.0 Å². The molecule has 3 N–H and O–H groups in total. The summed E-state index contributed by atoms with van der Waals surface area (Å²) >= 11 is 0. The standard InChI is InChI=1S/C28H36O8/c1-13(29)35-23-20(33)22-25(2,3)18(30)8-10-27(22,5)17-7-9-26(4)15-12-16(21(26)28(17,23)6)36-24(34)14(15)11-19(31)32/h8,10-11,15,17,19-20,22-23,31-33H,7,9,12H2,1-6H3/b14-11-/t15-,17+,20+,22-,23+,26-,27+,28?/m0/s1. The number of rotatable bonds is 2. The zero-order chi connectivity index (χ0) is 26.6. The van der Waals surface area contributed by atoms with E-state index in [4.69, 9.17) is 9.47 Å². The first-order valence-electron chi connectivity index (χ1n) is 12.7. The van der Waals surface area contributed by atoms with Crippen LogP contribution in [0.25, 0.3) is 0 Å². The lowest BCUT2D eigenvalue weighted by Crippen LogP contribution is -2.70. The molecular formula is C28H36O8. The molecule has 0 aromatic heterocycles. The molecule has 3 fully saturated rings. The highest BCUT2D eigenvalue weighted by Gasteiger charge is 2.73. The van der Waals surface area contributed by atoms with Crippen LogP contribution in [0.3, 0.4) is 0 Å². The van der Waals surface area contributed by atoms with E-state index in [1.807, 2.05) is 26.8 Å². The summed E-state index contributed by atoms with van der Waals surface area (Å²) in [5.41, 5.74) is -1.82. The van der Waals surface area contributed by atoms with Crippen molar-refractivity contribution in [1.82, 2.24) is 0 Å². The van der Waals surface area contributed by atoms with Crippen LogP contribution in [0.5, 0.6) is 0 Å². The molecule has 1 unspecified atom stereocenters. The van der Waals surface area contributed by atoms with Gasteiger partial charge in [-0.25, -0.2) is 4.79 Å². The monoisotopic (exact) mass is 500 g/mol. The van der Waals surface area contributed by atoms with Gasteiger partial charge in [0.1, 0.15) is 11.9 Å². The summed E-state index contributed by atoms with van der Waals surface area (Å²) in [5.74, 6) is -1.60. The Morgan fingerprint density at radius 3 is 2.47 bits per heavy atom. The summed E-state index contributed by atoms with van der Waals surface area (Å²) in [7, 11) is 0. The predicted octanol–water partition coefficient (Wildman–Crippen LogP) is 2.57. The number of hydrogen-bond acceptors (Lipinski definition) is 8. The number of carbonyl (C=O) groups excluding carboxylic acids is 3. The Hall–Kier alpha value is -2.29. The average Bonchev–Trinajstić information content (AvgIpc) is 3.00. The van der Waals surface area contributed by atoms with Gasteiger partial charge in [-0.05, 0) is 41.9 Å². The van der Waals surface area contributed by atoms with Gasteiger partial charge < -0.3 is 24.8 Å². The van der Waals surface area contributed by atoms with E-state index in [0.717, 1.165) is 11.6 Å². The molecule has 2 saturated carbocycles. The fourth-order valence-corrected chi connectivity index (χ4v) is 9.17. The number of allylic oxidation sites excluding steroid dienone is 3. The van der Waals surface area contributed by atoms with Gasteiger partial charge in [0.05, 0.1) is 6.10 Å². The van der Waals surface area contributed by atoms with Crippen LogP contribution >= 0.6 is 0 Å². The second-order valence-electron chi connectivity index (χ2n) is 12.6. The van der Waals surface area contributed by atoms with Crippen LogP contribution in [0, 0.1) is 39.4 Å². The molecular weight excluding hydrogens is 464 g/mol. The first-order valence-corrected chi connectivity index (χ1v) is 12.7. The fraction of sp³-hybridized carbons (Fsp3) is 0.679. The normalized spacial score (nSPS) is 45.8. The topological polar surface area (TPSA) is 130 Å². The van der Waals surface area contributed by atoms with Crippen LogP contribution in [-0.4, -0.2) is 51.5 Å². The molecule has 5 rings (SSSR count). The molecule has 8 heteroatoms. The van der Waals surface area contributed by atoms with E-state index < -0.39 is 58.0 Å². The van der Waals surface area contributed by atoms with Crippen LogP contribution in [-0.2, 0) is 23.9 Å². The van der Waals surface area contributed by atoms with E-state index >= 15 is 0 Å². The minimum Gasteiger partial charge on any atom is -0.459 e. The zero-order valence-electron chi connectivity index (χ0n) is 21.7. The van der Waals surface area contributed by atoms with Crippen molar-refractivity contribution in [2.45, 2.75) is 79.3 Å². The number of ketones is 1. The molecule has 196 valence electrons. The molecule has 1 aliphatic heterocycles. The van der Waals surface area contributed by atoms with Crippen molar-refractivity contribution in [1.29, 1.82) is 0 Å². The van der Waals surface area contributed by atoms with Crippen molar-refractivity contribution >= 4 is 17.7 Å². The first kappa shape index (κ1) is 25.4. The Morgan fingerprint density at radius 2 is 1.86 bits per heavy atom. The van der Waals surface area contributed by atoms with E-state index in [1.54, 1.807) is 6.08 Å². The van der Waals surface area contributed by atoms with Crippen LogP contribution < -0.4 is 0 Å². The quantitative estimate of drug-likeness (QED) is 0.300. The van der Waals surface area contributed by atoms with Crippen molar-refractivity contribution < 1.29 is 39.2 Å². The predicted molar refractivity (Wildman–Crippen MR) is 128 cm³/mol. The molecule has 2 bridgehead atoms. The van der Waals surface area contributed by atoms with Gasteiger partial charge in [0.25, 0.3) is 0 Å². The summed E-state index contributed by atoms with van der Waals surface area (Å²) in [5, 5.41) is 31.2. The van der Waals surface area contributed by atoms with E-state index in [9.17, 15) is 29.7 Å². The van der Waals surface area contributed by atoms with Crippen molar-refractivity contribution in [3.63, 3.8) is 0 Å². The smallest absolute Gasteiger partial charge is 0.339 e.